The SMILES string of the molecule is CC(C)(C)C(C)(C(=C(CCCC(=O)O)ON)c1ccccc1)n1ccnc1. The molecule has 146 valence electrons. The van der Waals surface area contributed by atoms with E-state index < -0.39 is 11.5 Å². The van der Waals surface area contributed by atoms with Gasteiger partial charge in [0.1, 0.15) is 5.76 Å². The Balaban J connectivity index is 2.70. The van der Waals surface area contributed by atoms with Gasteiger partial charge in [0.05, 0.1) is 11.9 Å². The summed E-state index contributed by atoms with van der Waals surface area (Å²) in [5, 5.41) is 8.99. The molecular formula is C21H29N3O3. The Bertz CT molecular complexity index is 777. The second kappa shape index (κ2) is 8.39. The number of carboxylic acids is 1. The minimum Gasteiger partial charge on any atom is -0.481 e. The van der Waals surface area contributed by atoms with Crippen LogP contribution in [-0.4, -0.2) is 20.6 Å². The number of nitrogens with zero attached hydrogens (tertiary/aromatic N) is 2. The van der Waals surface area contributed by atoms with Crippen molar-refractivity contribution in [3.05, 3.63) is 60.4 Å². The zero-order chi connectivity index (χ0) is 20.1. The molecule has 0 amide bonds. The Morgan fingerprint density at radius 2 is 1.85 bits per heavy atom. The van der Waals surface area contributed by atoms with E-state index in [0.717, 1.165) is 11.1 Å². The quantitative estimate of drug-likeness (QED) is 0.536. The Hall–Kier alpha value is -2.60. The van der Waals surface area contributed by atoms with Gasteiger partial charge < -0.3 is 14.5 Å². The molecule has 1 heterocycles. The van der Waals surface area contributed by atoms with Crippen LogP contribution >= 0.6 is 0 Å². The summed E-state index contributed by atoms with van der Waals surface area (Å²) in [5.41, 5.74) is 1.18. The van der Waals surface area contributed by atoms with E-state index in [0.29, 0.717) is 18.6 Å². The number of benzene rings is 1. The lowest BCUT2D eigenvalue weighted by molar-refractivity contribution is -0.137. The summed E-state index contributed by atoms with van der Waals surface area (Å²) in [6.07, 6.45) is 6.42. The molecule has 6 nitrogen and oxygen atoms in total. The summed E-state index contributed by atoms with van der Waals surface area (Å²) in [4.78, 5) is 20.5. The molecule has 0 saturated carbocycles. The van der Waals surface area contributed by atoms with Crippen LogP contribution in [0.25, 0.3) is 5.57 Å². The van der Waals surface area contributed by atoms with Crippen molar-refractivity contribution in [2.75, 3.05) is 0 Å². The largest absolute Gasteiger partial charge is 0.481 e. The van der Waals surface area contributed by atoms with E-state index >= 15 is 0 Å². The van der Waals surface area contributed by atoms with Crippen LogP contribution < -0.4 is 5.90 Å². The molecule has 1 unspecified atom stereocenters. The van der Waals surface area contributed by atoms with Crippen molar-refractivity contribution in [2.45, 2.75) is 52.5 Å². The maximum absolute atomic E-state index is 11.0. The smallest absolute Gasteiger partial charge is 0.303 e. The van der Waals surface area contributed by atoms with E-state index in [4.69, 9.17) is 15.8 Å². The van der Waals surface area contributed by atoms with Crippen LogP contribution in [0.2, 0.25) is 0 Å². The summed E-state index contributed by atoms with van der Waals surface area (Å²) in [6.45, 7) is 8.59. The molecule has 2 aromatic rings. The van der Waals surface area contributed by atoms with Gasteiger partial charge in [-0.25, -0.2) is 4.98 Å². The van der Waals surface area contributed by atoms with E-state index in [1.807, 2.05) is 36.5 Å². The highest BCUT2D eigenvalue weighted by molar-refractivity contribution is 5.74. The second-order valence-electron chi connectivity index (χ2n) is 7.82. The third kappa shape index (κ3) is 4.39. The number of rotatable bonds is 8. The highest BCUT2D eigenvalue weighted by atomic mass is 16.6. The lowest BCUT2D eigenvalue weighted by Crippen LogP contribution is -2.44. The summed E-state index contributed by atoms with van der Waals surface area (Å²) >= 11 is 0. The zero-order valence-electron chi connectivity index (χ0n) is 16.5. The van der Waals surface area contributed by atoms with Gasteiger partial charge in [-0.05, 0) is 24.3 Å². The number of aromatic nitrogens is 2. The Kier molecular flexibility index (Phi) is 6.44. The van der Waals surface area contributed by atoms with Gasteiger partial charge in [0.2, 0.25) is 0 Å². The average molecular weight is 371 g/mol. The van der Waals surface area contributed by atoms with E-state index in [-0.39, 0.29) is 11.8 Å². The van der Waals surface area contributed by atoms with Crippen molar-refractivity contribution in [3.63, 3.8) is 0 Å². The first kappa shape index (κ1) is 20.7. The maximum Gasteiger partial charge on any atom is 0.303 e. The molecule has 0 spiro atoms. The number of carbonyl (C=O) groups is 1. The standard InChI is InChI=1S/C21H29N3O3/c1-20(2,3)21(4,24-14-13-23-15-24)19(16-9-6-5-7-10-16)17(27-22)11-8-12-18(25)26/h5-7,9-10,13-15H,8,11-12,22H2,1-4H3,(H,25,26). The fraction of sp³-hybridized carbons (Fsp3) is 0.429. The molecule has 0 radical (unpaired) electrons. The topological polar surface area (TPSA) is 90.4 Å². The minimum atomic E-state index is -0.833. The van der Waals surface area contributed by atoms with E-state index in [2.05, 4.69) is 37.2 Å². The number of hydrogen-bond acceptors (Lipinski definition) is 4. The van der Waals surface area contributed by atoms with Gasteiger partial charge in [0, 0.05) is 30.8 Å². The molecule has 6 heteroatoms. The second-order valence-corrected chi connectivity index (χ2v) is 7.82. The number of aliphatic carboxylic acids is 1. The van der Waals surface area contributed by atoms with Crippen LogP contribution in [0.1, 0.15) is 52.5 Å². The molecular weight excluding hydrogens is 342 g/mol. The molecule has 0 bridgehead atoms. The van der Waals surface area contributed by atoms with Gasteiger partial charge in [0.25, 0.3) is 0 Å². The number of carboxylic acid groups (broad SMARTS) is 1. The van der Waals surface area contributed by atoms with Gasteiger partial charge in [-0.1, -0.05) is 51.1 Å². The minimum absolute atomic E-state index is 0.0617. The fourth-order valence-corrected chi connectivity index (χ4v) is 3.38. The van der Waals surface area contributed by atoms with Crippen LogP contribution in [0, 0.1) is 5.41 Å². The molecule has 0 saturated heterocycles. The number of hydrogen-bond donors (Lipinski definition) is 2. The Morgan fingerprint density at radius 3 is 2.33 bits per heavy atom. The lowest BCUT2D eigenvalue weighted by Gasteiger charge is -2.45. The van der Waals surface area contributed by atoms with Crippen molar-refractivity contribution in [1.29, 1.82) is 0 Å². The molecule has 0 aliphatic carbocycles. The predicted molar refractivity (Wildman–Crippen MR) is 105 cm³/mol. The predicted octanol–water partition coefficient (Wildman–Crippen LogP) is 4.20. The molecule has 27 heavy (non-hydrogen) atoms. The molecule has 2 rings (SSSR count). The first-order chi connectivity index (χ1) is 12.7. The van der Waals surface area contributed by atoms with E-state index in [9.17, 15) is 4.79 Å². The van der Waals surface area contributed by atoms with Gasteiger partial charge in [-0.3, -0.25) is 4.79 Å². The van der Waals surface area contributed by atoms with Crippen molar-refractivity contribution in [1.82, 2.24) is 9.55 Å². The monoisotopic (exact) mass is 371 g/mol. The highest BCUT2D eigenvalue weighted by Crippen LogP contribution is 2.48. The van der Waals surface area contributed by atoms with Gasteiger partial charge in [-0.15, -0.1) is 0 Å². The van der Waals surface area contributed by atoms with Gasteiger partial charge >= 0.3 is 5.97 Å². The average Bonchev–Trinajstić information content (AvgIpc) is 3.15. The van der Waals surface area contributed by atoms with Crippen molar-refractivity contribution >= 4 is 11.5 Å². The van der Waals surface area contributed by atoms with Crippen LogP contribution in [0.3, 0.4) is 0 Å². The molecule has 0 aliphatic rings. The van der Waals surface area contributed by atoms with E-state index in [1.165, 1.54) is 0 Å². The summed E-state index contributed by atoms with van der Waals surface area (Å²) in [7, 11) is 0. The molecule has 1 aromatic carbocycles. The molecule has 0 aliphatic heterocycles. The van der Waals surface area contributed by atoms with Crippen molar-refractivity contribution < 1.29 is 14.7 Å². The Labute approximate surface area is 160 Å². The third-order valence-corrected chi connectivity index (χ3v) is 5.25. The molecule has 0 fully saturated rings. The number of nitrogens with two attached hydrogens (primary N) is 1. The van der Waals surface area contributed by atoms with Crippen LogP contribution in [0.5, 0.6) is 0 Å². The maximum atomic E-state index is 11.0. The highest BCUT2D eigenvalue weighted by Gasteiger charge is 2.44. The number of imidazole rings is 1. The van der Waals surface area contributed by atoms with Gasteiger partial charge in [-0.2, -0.15) is 5.90 Å². The lowest BCUT2D eigenvalue weighted by atomic mass is 9.67. The molecule has 3 N–H and O–H groups in total. The summed E-state index contributed by atoms with van der Waals surface area (Å²) in [6, 6.07) is 9.94. The Morgan fingerprint density at radius 1 is 1.19 bits per heavy atom. The van der Waals surface area contributed by atoms with Crippen LogP contribution in [-0.2, 0) is 15.2 Å². The van der Waals surface area contributed by atoms with E-state index in [1.54, 1.807) is 12.5 Å². The fourth-order valence-electron chi connectivity index (χ4n) is 3.38. The number of allylic oxidation sites excluding steroid dienone is 2. The van der Waals surface area contributed by atoms with Crippen molar-refractivity contribution in [2.24, 2.45) is 11.3 Å². The summed E-state index contributed by atoms with van der Waals surface area (Å²) in [5.74, 6) is 5.45. The first-order valence-electron chi connectivity index (χ1n) is 9.08. The molecule has 1 atom stereocenters. The summed E-state index contributed by atoms with van der Waals surface area (Å²) < 4.78 is 2.06. The normalized spacial score (nSPS) is 15.0. The first-order valence-corrected chi connectivity index (χ1v) is 9.08. The zero-order valence-corrected chi connectivity index (χ0v) is 16.5. The van der Waals surface area contributed by atoms with Crippen molar-refractivity contribution in [3.8, 4) is 0 Å². The van der Waals surface area contributed by atoms with Crippen LogP contribution in [0.15, 0.2) is 54.8 Å². The third-order valence-electron chi connectivity index (χ3n) is 5.25. The van der Waals surface area contributed by atoms with Crippen LogP contribution in [0.4, 0.5) is 0 Å². The van der Waals surface area contributed by atoms with Gasteiger partial charge in [0.15, 0.2) is 0 Å². The molecule has 1 aromatic heterocycles.